The highest BCUT2D eigenvalue weighted by atomic mass is 35.5. The van der Waals surface area contributed by atoms with Gasteiger partial charge in [-0.15, -0.1) is 0 Å². The molecule has 3 heterocycles. The molecule has 1 aromatic heterocycles. The number of hydrogen-bond acceptors (Lipinski definition) is 4. The number of rotatable bonds is 4. The number of anilines is 2. The van der Waals surface area contributed by atoms with Crippen molar-refractivity contribution in [3.8, 4) is 11.1 Å². The van der Waals surface area contributed by atoms with Gasteiger partial charge in [0.15, 0.2) is 0 Å². The minimum Gasteiger partial charge on any atom is -0.365 e. The number of benzene rings is 2. The third-order valence-corrected chi connectivity index (χ3v) is 6.83. The summed E-state index contributed by atoms with van der Waals surface area (Å²) in [7, 11) is 0. The molecule has 3 aromatic rings. The number of carbonyl (C=O) groups is 2. The summed E-state index contributed by atoms with van der Waals surface area (Å²) in [6.07, 6.45) is 6.85. The van der Waals surface area contributed by atoms with E-state index in [1.54, 1.807) is 29.3 Å². The van der Waals surface area contributed by atoms with E-state index in [4.69, 9.17) is 22.1 Å². The van der Waals surface area contributed by atoms with Crippen LogP contribution in [-0.4, -0.2) is 28.2 Å². The molecule has 1 saturated heterocycles. The molecule has 7 nitrogen and oxygen atoms in total. The lowest BCUT2D eigenvalue weighted by molar-refractivity contribution is -0.121. The first-order valence-corrected chi connectivity index (χ1v) is 11.4. The Hall–Kier alpha value is -3.16. The molecule has 1 fully saturated rings. The fourth-order valence-electron chi connectivity index (χ4n) is 4.69. The molecule has 2 aliphatic heterocycles. The van der Waals surface area contributed by atoms with Crippen molar-refractivity contribution in [3.05, 3.63) is 64.9 Å². The maximum atomic E-state index is 13.5. The summed E-state index contributed by atoms with van der Waals surface area (Å²) in [4.78, 5) is 27.3. The highest BCUT2D eigenvalue weighted by Gasteiger charge is 2.45. The summed E-state index contributed by atoms with van der Waals surface area (Å²) in [6, 6.07) is 10.9. The summed E-state index contributed by atoms with van der Waals surface area (Å²) < 4.78 is 7.70. The highest BCUT2D eigenvalue weighted by molar-refractivity contribution is 6.35. The van der Waals surface area contributed by atoms with Crippen molar-refractivity contribution >= 4 is 34.8 Å². The van der Waals surface area contributed by atoms with Gasteiger partial charge in [0.05, 0.1) is 33.6 Å². The molecule has 2 aromatic carbocycles. The first kappa shape index (κ1) is 21.7. The summed E-state index contributed by atoms with van der Waals surface area (Å²) in [6.45, 7) is 4.49. The monoisotopic (exact) mass is 464 g/mol. The topological polar surface area (TPSA) is 90.5 Å². The molecule has 5 rings (SSSR count). The summed E-state index contributed by atoms with van der Waals surface area (Å²) >= 11 is 6.29. The first-order chi connectivity index (χ1) is 15.8. The Kier molecular flexibility index (Phi) is 5.26. The van der Waals surface area contributed by atoms with Crippen LogP contribution in [0.25, 0.3) is 11.1 Å². The fraction of sp³-hybridized carbons (Fsp3) is 0.320. The van der Waals surface area contributed by atoms with Gasteiger partial charge in [0, 0.05) is 18.4 Å². The highest BCUT2D eigenvalue weighted by Crippen LogP contribution is 2.48. The second kappa shape index (κ2) is 8.01. The van der Waals surface area contributed by atoms with Gasteiger partial charge in [-0.1, -0.05) is 29.8 Å². The van der Waals surface area contributed by atoms with Gasteiger partial charge in [-0.25, -0.2) is 4.68 Å². The molecule has 8 heteroatoms. The largest absolute Gasteiger partial charge is 0.365 e. The van der Waals surface area contributed by atoms with Crippen molar-refractivity contribution < 1.29 is 14.3 Å². The number of fused-ring (bicyclic) bond motifs is 1. The lowest BCUT2D eigenvalue weighted by Crippen LogP contribution is -2.34. The first-order valence-electron chi connectivity index (χ1n) is 11.0. The van der Waals surface area contributed by atoms with Gasteiger partial charge in [-0.3, -0.25) is 14.5 Å². The van der Waals surface area contributed by atoms with E-state index in [0.29, 0.717) is 11.4 Å². The molecule has 0 saturated carbocycles. The lowest BCUT2D eigenvalue weighted by atomic mass is 9.85. The van der Waals surface area contributed by atoms with E-state index < -0.39 is 11.3 Å². The van der Waals surface area contributed by atoms with E-state index in [9.17, 15) is 9.59 Å². The molecular weight excluding hydrogens is 440 g/mol. The van der Waals surface area contributed by atoms with Crippen LogP contribution in [0.1, 0.15) is 55.3 Å². The number of aromatic nitrogens is 2. The fourth-order valence-corrected chi connectivity index (χ4v) is 4.95. The zero-order valence-corrected chi connectivity index (χ0v) is 19.3. The minimum absolute atomic E-state index is 0.0523. The molecular formula is C25H25ClN4O3. The molecule has 33 heavy (non-hydrogen) atoms. The van der Waals surface area contributed by atoms with Gasteiger partial charge in [-0.2, -0.15) is 5.10 Å². The zero-order valence-electron chi connectivity index (χ0n) is 18.5. The minimum atomic E-state index is -0.773. The molecule has 0 spiro atoms. The van der Waals surface area contributed by atoms with Crippen LogP contribution in [0.4, 0.5) is 11.4 Å². The standard InChI is InChI=1S/C25H25ClN4O3/c1-25(2)17-10-9-15(16-13-28-29(14-16)21-8-3-4-11-33-21)12-20(17)30(24(25)32)19-7-5-6-18(26)22(19)23(27)31/h5-7,9-10,12-14,21H,3-4,8,11H2,1-2H3,(H2,27,31). The molecule has 1 atom stereocenters. The number of amides is 2. The van der Waals surface area contributed by atoms with Gasteiger partial charge < -0.3 is 10.5 Å². The Labute approximate surface area is 197 Å². The lowest BCUT2D eigenvalue weighted by Gasteiger charge is -2.23. The molecule has 170 valence electrons. The number of halogens is 1. The summed E-state index contributed by atoms with van der Waals surface area (Å²) in [5, 5.41) is 4.72. The van der Waals surface area contributed by atoms with Gasteiger partial charge in [-0.05, 0) is 62.4 Å². The third kappa shape index (κ3) is 3.52. The number of primary amides is 1. The van der Waals surface area contributed by atoms with Crippen LogP contribution in [-0.2, 0) is 14.9 Å². The quantitative estimate of drug-likeness (QED) is 0.591. The summed E-state index contributed by atoms with van der Waals surface area (Å²) in [5.41, 5.74) is 8.77. The number of hydrogen-bond donors (Lipinski definition) is 1. The Morgan fingerprint density at radius 2 is 2.00 bits per heavy atom. The van der Waals surface area contributed by atoms with Crippen molar-refractivity contribution in [3.63, 3.8) is 0 Å². The summed E-state index contributed by atoms with van der Waals surface area (Å²) in [5.74, 6) is -0.828. The molecule has 2 N–H and O–H groups in total. The van der Waals surface area contributed by atoms with E-state index in [1.165, 1.54) is 0 Å². The number of ether oxygens (including phenoxy) is 1. The van der Waals surface area contributed by atoms with E-state index in [2.05, 4.69) is 5.10 Å². The molecule has 0 aliphatic carbocycles. The van der Waals surface area contributed by atoms with Gasteiger partial charge in [0.2, 0.25) is 5.91 Å². The second-order valence-corrected chi connectivity index (χ2v) is 9.43. The van der Waals surface area contributed by atoms with Crippen molar-refractivity contribution in [2.45, 2.75) is 44.8 Å². The average molecular weight is 465 g/mol. The normalized spacial score (nSPS) is 19.5. The maximum Gasteiger partial charge on any atom is 0.252 e. The van der Waals surface area contributed by atoms with Crippen LogP contribution in [0.3, 0.4) is 0 Å². The molecule has 0 radical (unpaired) electrons. The van der Waals surface area contributed by atoms with Crippen LogP contribution in [0.5, 0.6) is 0 Å². The average Bonchev–Trinajstić information content (AvgIpc) is 3.36. The van der Waals surface area contributed by atoms with Crippen LogP contribution in [0.2, 0.25) is 5.02 Å². The van der Waals surface area contributed by atoms with Crippen LogP contribution in [0.15, 0.2) is 48.8 Å². The van der Waals surface area contributed by atoms with Crippen LogP contribution in [0, 0.1) is 0 Å². The van der Waals surface area contributed by atoms with Crippen LogP contribution >= 0.6 is 11.6 Å². The predicted octanol–water partition coefficient (Wildman–Crippen LogP) is 4.96. The molecule has 2 aliphatic rings. The number of nitrogens with two attached hydrogens (primary N) is 1. The van der Waals surface area contributed by atoms with Crippen molar-refractivity contribution in [1.29, 1.82) is 0 Å². The molecule has 1 unspecified atom stereocenters. The van der Waals surface area contributed by atoms with Crippen molar-refractivity contribution in [2.24, 2.45) is 5.73 Å². The molecule has 2 amide bonds. The van der Waals surface area contributed by atoms with E-state index in [-0.39, 0.29) is 22.7 Å². The van der Waals surface area contributed by atoms with Crippen LogP contribution < -0.4 is 10.6 Å². The van der Waals surface area contributed by atoms with E-state index in [1.807, 2.05) is 42.9 Å². The van der Waals surface area contributed by atoms with Gasteiger partial charge >= 0.3 is 0 Å². The Balaban J connectivity index is 1.60. The number of nitrogens with zero attached hydrogens (tertiary/aromatic N) is 3. The van der Waals surface area contributed by atoms with E-state index >= 15 is 0 Å². The predicted molar refractivity (Wildman–Crippen MR) is 127 cm³/mol. The van der Waals surface area contributed by atoms with E-state index in [0.717, 1.165) is 42.6 Å². The smallest absolute Gasteiger partial charge is 0.252 e. The second-order valence-electron chi connectivity index (χ2n) is 9.03. The third-order valence-electron chi connectivity index (χ3n) is 6.51. The Morgan fingerprint density at radius 3 is 2.73 bits per heavy atom. The van der Waals surface area contributed by atoms with Gasteiger partial charge in [0.25, 0.3) is 5.91 Å². The zero-order chi connectivity index (χ0) is 23.3. The Bertz CT molecular complexity index is 1260. The number of carbonyl (C=O) groups excluding carboxylic acids is 2. The Morgan fingerprint density at radius 1 is 1.18 bits per heavy atom. The van der Waals surface area contributed by atoms with Gasteiger partial charge in [0.1, 0.15) is 6.23 Å². The SMILES string of the molecule is CC1(C)C(=O)N(c2cccc(Cl)c2C(N)=O)c2cc(-c3cnn(C4CCCCO4)c3)ccc21. The van der Waals surface area contributed by atoms with Crippen molar-refractivity contribution in [2.75, 3.05) is 11.5 Å². The van der Waals surface area contributed by atoms with Crippen molar-refractivity contribution in [1.82, 2.24) is 9.78 Å². The maximum absolute atomic E-state index is 13.5. The molecule has 0 bridgehead atoms.